The molecule has 0 spiro atoms. The van der Waals surface area contributed by atoms with E-state index in [1.807, 2.05) is 60.7 Å². The number of rotatable bonds is 5. The number of benzene rings is 2. The Balaban J connectivity index is 1.79. The summed E-state index contributed by atoms with van der Waals surface area (Å²) in [4.78, 5) is 24.4. The van der Waals surface area contributed by atoms with Crippen LogP contribution in [0.4, 0.5) is 0 Å². The molecule has 1 aliphatic heterocycles. The summed E-state index contributed by atoms with van der Waals surface area (Å²) in [5, 5.41) is 2.91. The maximum Gasteiger partial charge on any atom is 0.307 e. The van der Waals surface area contributed by atoms with Crippen LogP contribution in [0.15, 0.2) is 60.2 Å². The van der Waals surface area contributed by atoms with Crippen LogP contribution in [-0.4, -0.2) is 25.6 Å². The van der Waals surface area contributed by atoms with E-state index in [0.29, 0.717) is 5.57 Å². The van der Waals surface area contributed by atoms with Gasteiger partial charge in [0, 0.05) is 5.56 Å². The summed E-state index contributed by atoms with van der Waals surface area (Å²) >= 11 is 0. The fraction of sp³-hybridized carbons (Fsp3) is 0.200. The number of nitrogens with one attached hydrogen (secondary N) is 1. The third-order valence-electron chi connectivity index (χ3n) is 4.03. The van der Waals surface area contributed by atoms with Gasteiger partial charge in [-0.1, -0.05) is 48.5 Å². The summed E-state index contributed by atoms with van der Waals surface area (Å²) in [6.45, 7) is 0.197. The number of carbonyl (C=O) groups excluding carboxylic acids is 2. The SMILES string of the molecule is COC(=O)CC(NC(=O)C1=Cc2ccccc2OC1)c1ccccc1. The molecule has 1 heterocycles. The second-order valence-corrected chi connectivity index (χ2v) is 5.71. The van der Waals surface area contributed by atoms with Crippen molar-refractivity contribution in [3.8, 4) is 5.75 Å². The van der Waals surface area contributed by atoms with Crippen molar-refractivity contribution in [1.29, 1.82) is 0 Å². The van der Waals surface area contributed by atoms with E-state index in [1.54, 1.807) is 0 Å². The molecule has 0 saturated carbocycles. The molecule has 1 amide bonds. The van der Waals surface area contributed by atoms with Crippen LogP contribution in [0, 0.1) is 0 Å². The Morgan fingerprint density at radius 1 is 1.12 bits per heavy atom. The number of para-hydroxylation sites is 1. The molecule has 0 radical (unpaired) electrons. The first-order valence-corrected chi connectivity index (χ1v) is 8.02. The predicted molar refractivity (Wildman–Crippen MR) is 93.9 cm³/mol. The average molecular weight is 337 g/mol. The fourth-order valence-electron chi connectivity index (χ4n) is 2.69. The van der Waals surface area contributed by atoms with Gasteiger partial charge in [-0.2, -0.15) is 0 Å². The van der Waals surface area contributed by atoms with Crippen molar-refractivity contribution >= 4 is 18.0 Å². The van der Waals surface area contributed by atoms with Gasteiger partial charge in [-0.25, -0.2) is 0 Å². The number of methoxy groups -OCH3 is 1. The molecule has 1 atom stereocenters. The minimum atomic E-state index is -0.459. The van der Waals surface area contributed by atoms with Crippen LogP contribution in [0.2, 0.25) is 0 Å². The number of carbonyl (C=O) groups is 2. The number of ether oxygens (including phenoxy) is 2. The first-order valence-electron chi connectivity index (χ1n) is 8.02. The molecule has 2 aromatic rings. The molecule has 0 bridgehead atoms. The highest BCUT2D eigenvalue weighted by atomic mass is 16.5. The van der Waals surface area contributed by atoms with Gasteiger partial charge < -0.3 is 14.8 Å². The van der Waals surface area contributed by atoms with Crippen molar-refractivity contribution in [3.05, 3.63) is 71.3 Å². The van der Waals surface area contributed by atoms with Crippen LogP contribution in [0.25, 0.3) is 6.08 Å². The molecule has 128 valence electrons. The smallest absolute Gasteiger partial charge is 0.307 e. The van der Waals surface area contributed by atoms with Gasteiger partial charge in [-0.15, -0.1) is 0 Å². The second-order valence-electron chi connectivity index (χ2n) is 5.71. The molecule has 1 N–H and O–H groups in total. The van der Waals surface area contributed by atoms with Crippen molar-refractivity contribution in [2.45, 2.75) is 12.5 Å². The highest BCUT2D eigenvalue weighted by Crippen LogP contribution is 2.26. The van der Waals surface area contributed by atoms with E-state index in [2.05, 4.69) is 5.32 Å². The topological polar surface area (TPSA) is 64.6 Å². The van der Waals surface area contributed by atoms with E-state index in [-0.39, 0.29) is 24.9 Å². The lowest BCUT2D eigenvalue weighted by Crippen LogP contribution is -2.33. The summed E-state index contributed by atoms with van der Waals surface area (Å²) in [5.74, 6) is 0.119. The molecular weight excluding hydrogens is 318 g/mol. The monoisotopic (exact) mass is 337 g/mol. The third kappa shape index (κ3) is 4.07. The summed E-state index contributed by atoms with van der Waals surface area (Å²) in [6, 6.07) is 16.4. The average Bonchev–Trinajstić information content (AvgIpc) is 2.67. The Hall–Kier alpha value is -3.08. The minimum Gasteiger partial charge on any atom is -0.488 e. The van der Waals surface area contributed by atoms with Crippen molar-refractivity contribution in [2.24, 2.45) is 0 Å². The first kappa shape index (κ1) is 16.8. The highest BCUT2D eigenvalue weighted by Gasteiger charge is 2.22. The lowest BCUT2D eigenvalue weighted by molar-refractivity contribution is -0.141. The van der Waals surface area contributed by atoms with Crippen molar-refractivity contribution in [2.75, 3.05) is 13.7 Å². The van der Waals surface area contributed by atoms with E-state index < -0.39 is 6.04 Å². The molecule has 2 aromatic carbocycles. The van der Waals surface area contributed by atoms with Gasteiger partial charge in [-0.05, 0) is 17.7 Å². The quantitative estimate of drug-likeness (QED) is 0.852. The normalized spacial score (nSPS) is 13.7. The summed E-state index contributed by atoms with van der Waals surface area (Å²) in [7, 11) is 1.33. The molecule has 5 nitrogen and oxygen atoms in total. The molecule has 1 unspecified atom stereocenters. The lowest BCUT2D eigenvalue weighted by atomic mass is 10.0. The molecular formula is C20H19NO4. The third-order valence-corrected chi connectivity index (χ3v) is 4.03. The summed E-state index contributed by atoms with van der Waals surface area (Å²) in [5.41, 5.74) is 2.23. The maximum absolute atomic E-state index is 12.6. The zero-order valence-electron chi connectivity index (χ0n) is 13.9. The molecule has 3 rings (SSSR count). The van der Waals surface area contributed by atoms with E-state index in [0.717, 1.165) is 16.9 Å². The van der Waals surface area contributed by atoms with Gasteiger partial charge in [0.25, 0.3) is 5.91 Å². The summed E-state index contributed by atoms with van der Waals surface area (Å²) in [6.07, 6.45) is 1.88. The summed E-state index contributed by atoms with van der Waals surface area (Å²) < 4.78 is 10.4. The molecule has 5 heteroatoms. The molecule has 25 heavy (non-hydrogen) atoms. The zero-order valence-corrected chi connectivity index (χ0v) is 13.9. The van der Waals surface area contributed by atoms with Gasteiger partial charge in [-0.3, -0.25) is 9.59 Å². The van der Waals surface area contributed by atoms with Crippen LogP contribution in [0.3, 0.4) is 0 Å². The largest absolute Gasteiger partial charge is 0.488 e. The Kier molecular flexibility index (Phi) is 5.14. The van der Waals surface area contributed by atoms with E-state index in [4.69, 9.17) is 9.47 Å². The van der Waals surface area contributed by atoms with Gasteiger partial charge in [0.05, 0.1) is 25.1 Å². The lowest BCUT2D eigenvalue weighted by Gasteiger charge is -2.21. The van der Waals surface area contributed by atoms with Crippen LogP contribution in [-0.2, 0) is 14.3 Å². The van der Waals surface area contributed by atoms with E-state index in [9.17, 15) is 9.59 Å². The predicted octanol–water partition coefficient (Wildman–Crippen LogP) is 2.88. The first-order chi connectivity index (χ1) is 12.2. The van der Waals surface area contributed by atoms with Gasteiger partial charge in [0.15, 0.2) is 0 Å². The molecule has 0 aromatic heterocycles. The van der Waals surface area contributed by atoms with Crippen molar-refractivity contribution in [3.63, 3.8) is 0 Å². The van der Waals surface area contributed by atoms with Gasteiger partial charge in [0.1, 0.15) is 12.4 Å². The maximum atomic E-state index is 12.6. The number of amides is 1. The van der Waals surface area contributed by atoms with E-state index >= 15 is 0 Å². The van der Waals surface area contributed by atoms with Crippen LogP contribution >= 0.6 is 0 Å². The fourth-order valence-corrected chi connectivity index (χ4v) is 2.69. The van der Waals surface area contributed by atoms with Crippen molar-refractivity contribution < 1.29 is 19.1 Å². The number of fused-ring (bicyclic) bond motifs is 1. The van der Waals surface area contributed by atoms with Gasteiger partial charge >= 0.3 is 5.97 Å². The Labute approximate surface area is 146 Å². The molecule has 0 fully saturated rings. The molecule has 1 aliphatic rings. The Bertz CT molecular complexity index is 798. The zero-order chi connectivity index (χ0) is 17.6. The van der Waals surface area contributed by atoms with E-state index in [1.165, 1.54) is 7.11 Å². The van der Waals surface area contributed by atoms with Gasteiger partial charge in [0.2, 0.25) is 0 Å². The highest BCUT2D eigenvalue weighted by molar-refractivity contribution is 5.99. The Morgan fingerprint density at radius 3 is 2.60 bits per heavy atom. The molecule has 0 aliphatic carbocycles. The van der Waals surface area contributed by atoms with Crippen LogP contribution < -0.4 is 10.1 Å². The standard InChI is InChI=1S/C20H19NO4/c1-24-19(22)12-17(14-7-3-2-4-8-14)21-20(23)16-11-15-9-5-6-10-18(15)25-13-16/h2-11,17H,12-13H2,1H3,(H,21,23). The number of hydrogen-bond acceptors (Lipinski definition) is 4. The van der Waals surface area contributed by atoms with Crippen LogP contribution in [0.1, 0.15) is 23.6 Å². The Morgan fingerprint density at radius 2 is 1.84 bits per heavy atom. The number of hydrogen-bond donors (Lipinski definition) is 1. The van der Waals surface area contributed by atoms with Crippen LogP contribution in [0.5, 0.6) is 5.75 Å². The minimum absolute atomic E-state index is 0.0664. The molecule has 0 saturated heterocycles. The van der Waals surface area contributed by atoms with Crippen molar-refractivity contribution in [1.82, 2.24) is 5.32 Å². The number of esters is 1. The second kappa shape index (κ2) is 7.66.